The van der Waals surface area contributed by atoms with Gasteiger partial charge in [-0.15, -0.1) is 5.10 Å². The lowest BCUT2D eigenvalue weighted by molar-refractivity contribution is -0.140. The number of rotatable bonds is 6. The van der Waals surface area contributed by atoms with Gasteiger partial charge in [-0.25, -0.2) is 9.78 Å². The highest BCUT2D eigenvalue weighted by molar-refractivity contribution is 6.34. The Hall–Kier alpha value is -3.27. The zero-order valence-corrected chi connectivity index (χ0v) is 18.8. The summed E-state index contributed by atoms with van der Waals surface area (Å²) in [7, 11) is 2.79. The van der Waals surface area contributed by atoms with Gasteiger partial charge < -0.3 is 20.1 Å². The maximum absolute atomic E-state index is 12.2. The second kappa shape index (κ2) is 8.84. The number of aromatic nitrogens is 4. The van der Waals surface area contributed by atoms with Gasteiger partial charge in [-0.2, -0.15) is 4.63 Å². The second-order valence-corrected chi connectivity index (χ2v) is 8.22. The maximum Gasteiger partial charge on any atom is 0.319 e. The van der Waals surface area contributed by atoms with E-state index in [2.05, 4.69) is 30.6 Å². The third-order valence-corrected chi connectivity index (χ3v) is 4.90. The molecule has 0 saturated carbocycles. The van der Waals surface area contributed by atoms with E-state index < -0.39 is 12.0 Å². The molecule has 3 aromatic rings. The van der Waals surface area contributed by atoms with Gasteiger partial charge >= 0.3 is 12.0 Å². The minimum atomic E-state index is -0.484. The van der Waals surface area contributed by atoms with Crippen LogP contribution in [0.4, 0.5) is 10.5 Å². The number of carbonyl (C=O) groups is 2. The van der Waals surface area contributed by atoms with Gasteiger partial charge in [0.05, 0.1) is 32.0 Å². The number of fused-ring (bicyclic) bond motifs is 1. The number of hydrogen-bond donors (Lipinski definition) is 3. The van der Waals surface area contributed by atoms with Gasteiger partial charge in [-0.05, 0) is 18.2 Å². The largest absolute Gasteiger partial charge is 0.495 e. The summed E-state index contributed by atoms with van der Waals surface area (Å²) in [5.74, 6) is 0.491. The van der Waals surface area contributed by atoms with Gasteiger partial charge in [0.1, 0.15) is 10.8 Å². The molecule has 11 heteroatoms. The van der Waals surface area contributed by atoms with Crippen molar-refractivity contribution in [1.82, 2.24) is 25.1 Å². The number of amides is 2. The Balaban J connectivity index is 1.83. The van der Waals surface area contributed by atoms with Crippen LogP contribution in [0.5, 0.6) is 5.75 Å². The molecule has 0 atom stereocenters. The first-order valence-corrected chi connectivity index (χ1v) is 9.96. The lowest BCUT2D eigenvalue weighted by atomic mass is 9.92. The summed E-state index contributed by atoms with van der Waals surface area (Å²) < 4.78 is 11.4. The van der Waals surface area contributed by atoms with Crippen LogP contribution in [0, 0.1) is 0 Å². The van der Waals surface area contributed by atoms with Gasteiger partial charge in [-0.3, -0.25) is 9.89 Å². The summed E-state index contributed by atoms with van der Waals surface area (Å²) in [6, 6.07) is 4.71. The number of aromatic amines is 1. The molecule has 0 spiro atoms. The van der Waals surface area contributed by atoms with E-state index >= 15 is 0 Å². The number of esters is 1. The van der Waals surface area contributed by atoms with Crippen molar-refractivity contribution >= 4 is 34.9 Å². The van der Waals surface area contributed by atoms with E-state index in [0.717, 1.165) is 5.69 Å². The summed E-state index contributed by atoms with van der Waals surface area (Å²) in [6.07, 6.45) is 0.0725. The number of methoxy groups -OCH3 is 2. The molecule has 0 saturated heterocycles. The molecule has 0 fully saturated rings. The molecule has 0 unspecified atom stereocenters. The molecule has 0 radical (unpaired) electrons. The zero-order chi connectivity index (χ0) is 22.8. The first-order valence-electron chi connectivity index (χ1n) is 9.59. The van der Waals surface area contributed by atoms with Gasteiger partial charge in [0.2, 0.25) is 0 Å². The van der Waals surface area contributed by atoms with Crippen molar-refractivity contribution in [2.24, 2.45) is 0 Å². The number of anilines is 1. The lowest BCUT2D eigenvalue weighted by Gasteiger charge is -2.16. The van der Waals surface area contributed by atoms with Crippen LogP contribution in [-0.4, -0.2) is 52.6 Å². The first-order chi connectivity index (χ1) is 14.6. The molecule has 0 aliphatic carbocycles. The van der Waals surface area contributed by atoms with E-state index in [-0.39, 0.29) is 18.4 Å². The fraction of sp³-hybridized carbons (Fsp3) is 0.400. The topological polar surface area (TPSA) is 123 Å². The minimum Gasteiger partial charge on any atom is -0.495 e. The molecule has 0 bridgehead atoms. The van der Waals surface area contributed by atoms with E-state index in [1.807, 2.05) is 20.8 Å². The normalized spacial score (nSPS) is 11.4. The predicted molar refractivity (Wildman–Crippen MR) is 117 cm³/mol. The third kappa shape index (κ3) is 4.91. The van der Waals surface area contributed by atoms with Crippen molar-refractivity contribution in [3.63, 3.8) is 0 Å². The van der Waals surface area contributed by atoms with Crippen molar-refractivity contribution in [3.05, 3.63) is 28.9 Å². The molecule has 3 rings (SSSR count). The van der Waals surface area contributed by atoms with Crippen LogP contribution in [0.1, 0.15) is 32.9 Å². The standard InChI is InChI=1S/C20H25ClN6O4/c1-20(2,3)16-15(21)18-24-17(26-27(18)25-16)11-6-7-13(30-4)12(10-11)23-19(29)22-9-8-14(28)31-5/h6-7,10,25H,8-9H2,1-5H3,(H2,22,23,29). The Kier molecular flexibility index (Phi) is 6.40. The van der Waals surface area contributed by atoms with Crippen LogP contribution in [0.2, 0.25) is 5.02 Å². The number of nitrogens with one attached hydrogen (secondary N) is 3. The van der Waals surface area contributed by atoms with E-state index in [9.17, 15) is 9.59 Å². The first kappa shape index (κ1) is 22.4. The number of H-pyrrole nitrogens is 1. The SMILES string of the molecule is COC(=O)CCNC(=O)Nc1cc(-c2nc3c(Cl)c(C(C)(C)C)[nH]n3n2)ccc1OC. The quantitative estimate of drug-likeness (QED) is 0.497. The molecular formula is C20H25ClN6O4. The van der Waals surface area contributed by atoms with Crippen LogP contribution in [0.3, 0.4) is 0 Å². The molecule has 2 aromatic heterocycles. The summed E-state index contributed by atoms with van der Waals surface area (Å²) in [5, 5.41) is 13.5. The lowest BCUT2D eigenvalue weighted by Crippen LogP contribution is -2.30. The molecule has 166 valence electrons. The smallest absolute Gasteiger partial charge is 0.319 e. The van der Waals surface area contributed by atoms with Crippen LogP contribution >= 0.6 is 11.6 Å². The van der Waals surface area contributed by atoms with E-state index in [4.69, 9.17) is 16.3 Å². The Morgan fingerprint density at radius 3 is 2.61 bits per heavy atom. The Bertz CT molecular complexity index is 1120. The third-order valence-electron chi connectivity index (χ3n) is 4.54. The Labute approximate surface area is 184 Å². The molecule has 1 aromatic carbocycles. The summed E-state index contributed by atoms with van der Waals surface area (Å²) in [4.78, 5) is 27.9. The summed E-state index contributed by atoms with van der Waals surface area (Å²) in [6.45, 7) is 6.27. The zero-order valence-electron chi connectivity index (χ0n) is 18.0. The fourth-order valence-corrected chi connectivity index (χ4v) is 3.36. The Morgan fingerprint density at radius 2 is 2.00 bits per heavy atom. The van der Waals surface area contributed by atoms with E-state index in [1.54, 1.807) is 18.2 Å². The molecule has 2 heterocycles. The molecule has 10 nitrogen and oxygen atoms in total. The number of urea groups is 1. The van der Waals surface area contributed by atoms with Gasteiger partial charge in [0.15, 0.2) is 11.5 Å². The average Bonchev–Trinajstić information content (AvgIpc) is 3.27. The maximum atomic E-state index is 12.2. The molecule has 0 aliphatic rings. The number of nitrogens with zero attached hydrogens (tertiary/aromatic N) is 3. The highest BCUT2D eigenvalue weighted by Gasteiger charge is 2.24. The molecule has 3 N–H and O–H groups in total. The number of hydrogen-bond acceptors (Lipinski definition) is 6. The van der Waals surface area contributed by atoms with E-state index in [1.165, 1.54) is 18.8 Å². The number of benzene rings is 1. The van der Waals surface area contributed by atoms with Crippen LogP contribution < -0.4 is 15.4 Å². The number of carbonyl (C=O) groups excluding carboxylic acids is 2. The minimum absolute atomic E-state index is 0.0725. The van der Waals surface area contributed by atoms with Crippen LogP contribution in [0.25, 0.3) is 17.0 Å². The van der Waals surface area contributed by atoms with E-state index in [0.29, 0.717) is 33.5 Å². The van der Waals surface area contributed by atoms with Crippen LogP contribution in [-0.2, 0) is 14.9 Å². The molecular weight excluding hydrogens is 424 g/mol. The average molecular weight is 449 g/mol. The number of ether oxygens (including phenoxy) is 2. The van der Waals surface area contributed by atoms with Gasteiger partial charge in [0.25, 0.3) is 0 Å². The van der Waals surface area contributed by atoms with Crippen LogP contribution in [0.15, 0.2) is 18.2 Å². The summed E-state index contributed by atoms with van der Waals surface area (Å²) >= 11 is 6.50. The summed E-state index contributed by atoms with van der Waals surface area (Å²) in [5.41, 5.74) is 2.27. The van der Waals surface area contributed by atoms with Crippen molar-refractivity contribution in [1.29, 1.82) is 0 Å². The molecule has 0 aliphatic heterocycles. The monoisotopic (exact) mass is 448 g/mol. The van der Waals surface area contributed by atoms with Crippen molar-refractivity contribution in [2.75, 3.05) is 26.1 Å². The Morgan fingerprint density at radius 1 is 1.26 bits per heavy atom. The highest BCUT2D eigenvalue weighted by Crippen LogP contribution is 2.33. The number of halogens is 1. The van der Waals surface area contributed by atoms with Crippen molar-refractivity contribution in [2.45, 2.75) is 32.6 Å². The fourth-order valence-electron chi connectivity index (χ4n) is 2.91. The van der Waals surface area contributed by atoms with Crippen molar-refractivity contribution < 1.29 is 19.1 Å². The van der Waals surface area contributed by atoms with Gasteiger partial charge in [0, 0.05) is 17.5 Å². The van der Waals surface area contributed by atoms with Crippen molar-refractivity contribution in [3.8, 4) is 17.1 Å². The molecule has 31 heavy (non-hydrogen) atoms. The molecule has 2 amide bonds. The van der Waals surface area contributed by atoms with Gasteiger partial charge in [-0.1, -0.05) is 32.4 Å². The second-order valence-electron chi connectivity index (χ2n) is 7.84. The predicted octanol–water partition coefficient (Wildman–Crippen LogP) is 3.37. The highest BCUT2D eigenvalue weighted by atomic mass is 35.5.